The number of alkyl halides is 2. The van der Waals surface area contributed by atoms with E-state index in [1.165, 1.54) is 16.4 Å². The van der Waals surface area contributed by atoms with Crippen molar-refractivity contribution < 1.29 is 13.6 Å². The molecule has 19 heavy (non-hydrogen) atoms. The van der Waals surface area contributed by atoms with Crippen molar-refractivity contribution >= 4 is 28.4 Å². The van der Waals surface area contributed by atoms with Gasteiger partial charge in [0.15, 0.2) is 0 Å². The topological polar surface area (TPSA) is 39.4 Å². The van der Waals surface area contributed by atoms with Crippen LogP contribution in [0.4, 0.5) is 8.78 Å². The molecule has 0 bridgehead atoms. The number of aromatic nitrogens is 2. The van der Waals surface area contributed by atoms with Gasteiger partial charge in [-0.3, -0.25) is 4.68 Å². The van der Waals surface area contributed by atoms with E-state index < -0.39 is 6.43 Å². The molecule has 0 atom stereocenters. The van der Waals surface area contributed by atoms with Crippen LogP contribution in [0, 0.1) is 0 Å². The van der Waals surface area contributed by atoms with E-state index in [-0.39, 0.29) is 16.4 Å². The van der Waals surface area contributed by atoms with Gasteiger partial charge in [-0.15, -0.1) is 11.8 Å². The lowest BCUT2D eigenvalue weighted by molar-refractivity contribution is 0.0123. The Morgan fingerprint density at radius 2 is 2.21 bits per heavy atom. The first-order valence-electron chi connectivity index (χ1n) is 5.67. The van der Waals surface area contributed by atoms with E-state index in [1.54, 1.807) is 7.05 Å². The predicted octanol–water partition coefficient (Wildman–Crippen LogP) is 3.76. The van der Waals surface area contributed by atoms with Crippen LogP contribution in [0.25, 0.3) is 0 Å². The van der Waals surface area contributed by atoms with Crippen LogP contribution in [0.2, 0.25) is 5.15 Å². The maximum absolute atomic E-state index is 12.8. The summed E-state index contributed by atoms with van der Waals surface area (Å²) >= 11 is 7.33. The zero-order valence-electron chi connectivity index (χ0n) is 10.8. The monoisotopic (exact) mass is 309 g/mol. The molecule has 0 fully saturated rings. The molecule has 0 saturated heterocycles. The Hall–Kier alpha value is -0.820. The van der Waals surface area contributed by atoms with Crippen LogP contribution >= 0.6 is 23.4 Å². The Balaban J connectivity index is 2.08. The van der Waals surface area contributed by atoms with E-state index in [1.807, 2.05) is 13.8 Å². The Morgan fingerprint density at radius 3 is 2.74 bits per heavy atom. The van der Waals surface area contributed by atoms with Crippen molar-refractivity contribution in [2.24, 2.45) is 12.2 Å². The molecule has 2 heterocycles. The number of halogens is 3. The van der Waals surface area contributed by atoms with Gasteiger partial charge in [-0.25, -0.2) is 8.78 Å². The SMILES string of the molecule is Cn1nc(C(F)F)c(CSC2=NOC(C)(C)C2)c1Cl. The molecule has 0 amide bonds. The van der Waals surface area contributed by atoms with Gasteiger partial charge in [0, 0.05) is 24.8 Å². The number of thioether (sulfide) groups is 1. The molecule has 0 unspecified atom stereocenters. The Labute approximate surface area is 119 Å². The number of rotatable bonds is 3. The second-order valence-electron chi connectivity index (χ2n) is 4.88. The third-order valence-corrected chi connectivity index (χ3v) is 4.12. The molecule has 106 valence electrons. The van der Waals surface area contributed by atoms with E-state index in [4.69, 9.17) is 16.4 Å². The Kier molecular flexibility index (Phi) is 4.06. The van der Waals surface area contributed by atoms with Crippen molar-refractivity contribution in [1.82, 2.24) is 9.78 Å². The molecule has 0 N–H and O–H groups in total. The fraction of sp³-hybridized carbons (Fsp3) is 0.636. The molecule has 0 spiro atoms. The number of hydrogen-bond acceptors (Lipinski definition) is 4. The van der Waals surface area contributed by atoms with Crippen molar-refractivity contribution in [3.63, 3.8) is 0 Å². The summed E-state index contributed by atoms with van der Waals surface area (Å²) in [7, 11) is 1.54. The predicted molar refractivity (Wildman–Crippen MR) is 71.7 cm³/mol. The van der Waals surface area contributed by atoms with Crippen LogP contribution in [-0.2, 0) is 17.6 Å². The van der Waals surface area contributed by atoms with E-state index >= 15 is 0 Å². The highest BCUT2D eigenvalue weighted by atomic mass is 35.5. The largest absolute Gasteiger partial charge is 0.389 e. The van der Waals surface area contributed by atoms with Gasteiger partial charge in [-0.2, -0.15) is 5.10 Å². The highest BCUT2D eigenvalue weighted by molar-refractivity contribution is 8.13. The summed E-state index contributed by atoms with van der Waals surface area (Å²) in [6.07, 6.45) is -1.97. The van der Waals surface area contributed by atoms with E-state index in [0.717, 1.165) is 5.04 Å². The minimum absolute atomic E-state index is 0.238. The summed E-state index contributed by atoms with van der Waals surface area (Å²) in [5.74, 6) is 0.310. The average molecular weight is 310 g/mol. The summed E-state index contributed by atoms with van der Waals surface area (Å²) in [5, 5.41) is 8.69. The Bertz CT molecular complexity index is 516. The fourth-order valence-corrected chi connectivity index (χ4v) is 3.13. The van der Waals surface area contributed by atoms with Gasteiger partial charge in [0.1, 0.15) is 21.5 Å². The molecule has 0 aromatic carbocycles. The zero-order valence-corrected chi connectivity index (χ0v) is 12.4. The van der Waals surface area contributed by atoms with Crippen molar-refractivity contribution in [1.29, 1.82) is 0 Å². The lowest BCUT2D eigenvalue weighted by Crippen LogP contribution is -2.18. The van der Waals surface area contributed by atoms with Crippen molar-refractivity contribution in [2.45, 2.75) is 38.0 Å². The first kappa shape index (κ1) is 14.6. The molecular weight excluding hydrogens is 296 g/mol. The van der Waals surface area contributed by atoms with E-state index in [9.17, 15) is 8.78 Å². The zero-order chi connectivity index (χ0) is 14.2. The van der Waals surface area contributed by atoms with Crippen LogP contribution in [0.15, 0.2) is 5.16 Å². The third-order valence-electron chi connectivity index (χ3n) is 2.66. The molecule has 1 aromatic heterocycles. The standard InChI is InChI=1S/C11H14ClF2N3OS/c1-11(2)4-7(16-18-11)19-5-6-8(10(13)14)15-17(3)9(6)12/h10H,4-5H2,1-3H3. The average Bonchev–Trinajstić information content (AvgIpc) is 2.79. The fourth-order valence-electron chi connectivity index (χ4n) is 1.71. The maximum atomic E-state index is 12.8. The Morgan fingerprint density at radius 1 is 1.53 bits per heavy atom. The summed E-state index contributed by atoms with van der Waals surface area (Å²) < 4.78 is 27.0. The van der Waals surface area contributed by atoms with Gasteiger partial charge < -0.3 is 4.84 Å². The molecule has 8 heteroatoms. The molecule has 0 radical (unpaired) electrons. The van der Waals surface area contributed by atoms with Crippen molar-refractivity contribution in [2.75, 3.05) is 0 Å². The summed E-state index contributed by atoms with van der Waals surface area (Å²) in [4.78, 5) is 5.22. The highest BCUT2D eigenvalue weighted by Crippen LogP contribution is 2.34. The maximum Gasteiger partial charge on any atom is 0.282 e. The lowest BCUT2D eigenvalue weighted by atomic mass is 10.1. The smallest absolute Gasteiger partial charge is 0.282 e. The first-order chi connectivity index (χ1) is 8.80. The quantitative estimate of drug-likeness (QED) is 0.853. The molecule has 1 aliphatic heterocycles. The highest BCUT2D eigenvalue weighted by Gasteiger charge is 2.30. The van der Waals surface area contributed by atoms with Crippen LogP contribution in [-0.4, -0.2) is 20.4 Å². The third kappa shape index (κ3) is 3.20. The van der Waals surface area contributed by atoms with Crippen LogP contribution in [0.5, 0.6) is 0 Å². The normalized spacial score (nSPS) is 17.7. The van der Waals surface area contributed by atoms with Gasteiger partial charge in [0.25, 0.3) is 6.43 Å². The van der Waals surface area contributed by atoms with Gasteiger partial charge >= 0.3 is 0 Å². The first-order valence-corrected chi connectivity index (χ1v) is 7.04. The molecule has 0 aliphatic carbocycles. The summed E-state index contributed by atoms with van der Waals surface area (Å²) in [6, 6.07) is 0. The minimum Gasteiger partial charge on any atom is -0.389 e. The van der Waals surface area contributed by atoms with E-state index in [2.05, 4.69) is 10.3 Å². The van der Waals surface area contributed by atoms with Gasteiger partial charge in [-0.05, 0) is 13.8 Å². The number of nitrogens with zero attached hydrogens (tertiary/aromatic N) is 3. The van der Waals surface area contributed by atoms with E-state index in [0.29, 0.717) is 17.7 Å². The van der Waals surface area contributed by atoms with Gasteiger partial charge in [0.2, 0.25) is 0 Å². The van der Waals surface area contributed by atoms with Crippen LogP contribution < -0.4 is 0 Å². The second-order valence-corrected chi connectivity index (χ2v) is 6.29. The van der Waals surface area contributed by atoms with Gasteiger partial charge in [0.05, 0.1) is 0 Å². The molecule has 0 saturated carbocycles. The number of aryl methyl sites for hydroxylation is 1. The minimum atomic E-state index is -2.63. The molecule has 1 aromatic rings. The molecular formula is C11H14ClF2N3OS. The van der Waals surface area contributed by atoms with Crippen LogP contribution in [0.3, 0.4) is 0 Å². The lowest BCUT2D eigenvalue weighted by Gasteiger charge is -2.13. The molecule has 1 aliphatic rings. The van der Waals surface area contributed by atoms with Gasteiger partial charge in [-0.1, -0.05) is 16.8 Å². The number of oxime groups is 1. The summed E-state index contributed by atoms with van der Waals surface area (Å²) in [5.41, 5.74) is -0.234. The molecule has 4 nitrogen and oxygen atoms in total. The van der Waals surface area contributed by atoms with Crippen molar-refractivity contribution in [3.05, 3.63) is 16.4 Å². The summed E-state index contributed by atoms with van der Waals surface area (Å²) in [6.45, 7) is 3.84. The van der Waals surface area contributed by atoms with Crippen molar-refractivity contribution in [3.8, 4) is 0 Å². The molecule has 2 rings (SSSR count). The van der Waals surface area contributed by atoms with Crippen LogP contribution in [0.1, 0.15) is 38.0 Å². The number of hydrogen-bond donors (Lipinski definition) is 0. The second kappa shape index (κ2) is 5.28.